The number of oxazole rings is 1. The summed E-state index contributed by atoms with van der Waals surface area (Å²) in [5, 5.41) is 2.74. The summed E-state index contributed by atoms with van der Waals surface area (Å²) in [6.07, 6.45) is 2.59. The summed E-state index contributed by atoms with van der Waals surface area (Å²) in [6.45, 7) is 8.05. The molecule has 1 N–H and O–H groups in total. The average molecular weight is 314 g/mol. The summed E-state index contributed by atoms with van der Waals surface area (Å²) in [5.74, 6) is -0.175. The third-order valence-electron chi connectivity index (χ3n) is 4.35. The second kappa shape index (κ2) is 5.51. The van der Waals surface area contributed by atoms with Crippen LogP contribution in [0.1, 0.15) is 38.2 Å². The van der Waals surface area contributed by atoms with Crippen LogP contribution in [0.25, 0.3) is 0 Å². The molecule has 2 aromatic rings. The second-order valence-electron chi connectivity index (χ2n) is 6.53. The van der Waals surface area contributed by atoms with Crippen LogP contribution < -0.4 is 10.8 Å². The molecule has 0 radical (unpaired) electrons. The molecule has 1 amide bonds. The molecule has 1 aromatic heterocycles. The smallest absolute Gasteiger partial charge is 0.438 e. The molecule has 2 heterocycles. The highest BCUT2D eigenvalue weighted by atomic mass is 16.7. The Labute approximate surface area is 135 Å². The van der Waals surface area contributed by atoms with E-state index in [0.717, 1.165) is 5.46 Å². The Morgan fingerprint density at radius 3 is 2.22 bits per heavy atom. The number of benzene rings is 1. The van der Waals surface area contributed by atoms with Crippen molar-refractivity contribution in [2.24, 2.45) is 0 Å². The summed E-state index contributed by atoms with van der Waals surface area (Å²) in [7, 11) is -0.418. The van der Waals surface area contributed by atoms with Gasteiger partial charge in [0, 0.05) is 5.69 Å². The molecular weight excluding hydrogens is 295 g/mol. The summed E-state index contributed by atoms with van der Waals surface area (Å²) in [4.78, 5) is 15.6. The van der Waals surface area contributed by atoms with Gasteiger partial charge in [-0.1, -0.05) is 12.1 Å². The minimum atomic E-state index is -0.418. The molecule has 1 fully saturated rings. The second-order valence-corrected chi connectivity index (χ2v) is 6.53. The van der Waals surface area contributed by atoms with E-state index in [2.05, 4.69) is 10.3 Å². The summed E-state index contributed by atoms with van der Waals surface area (Å²) in [6, 6.07) is 7.35. The number of carbonyl (C=O) groups excluding carboxylic acids is 1. The van der Waals surface area contributed by atoms with Gasteiger partial charge in [0.2, 0.25) is 5.76 Å². The fraction of sp³-hybridized carbons (Fsp3) is 0.375. The first-order chi connectivity index (χ1) is 10.8. The van der Waals surface area contributed by atoms with Crippen molar-refractivity contribution in [2.75, 3.05) is 5.32 Å². The Morgan fingerprint density at radius 1 is 1.09 bits per heavy atom. The predicted molar refractivity (Wildman–Crippen MR) is 86.6 cm³/mol. The lowest BCUT2D eigenvalue weighted by atomic mass is 9.79. The summed E-state index contributed by atoms with van der Waals surface area (Å²) < 4.78 is 16.9. The van der Waals surface area contributed by atoms with Crippen molar-refractivity contribution < 1.29 is 18.5 Å². The Kier molecular flexibility index (Phi) is 3.78. The van der Waals surface area contributed by atoms with Gasteiger partial charge in [0.15, 0.2) is 6.39 Å². The molecule has 6 nitrogen and oxygen atoms in total. The number of aromatic nitrogens is 1. The average Bonchev–Trinajstić information content (AvgIpc) is 3.07. The van der Waals surface area contributed by atoms with Gasteiger partial charge in [-0.3, -0.25) is 4.79 Å². The molecule has 0 aliphatic carbocycles. The lowest BCUT2D eigenvalue weighted by molar-refractivity contribution is 0.00578. The zero-order chi connectivity index (χ0) is 16.7. The van der Waals surface area contributed by atoms with Gasteiger partial charge in [-0.05, 0) is 45.3 Å². The SMILES string of the molecule is CC1(C)OB(c2ccc(NC(=O)c3cnco3)cc2)OC1(C)C. The molecule has 23 heavy (non-hydrogen) atoms. The summed E-state index contributed by atoms with van der Waals surface area (Å²) >= 11 is 0. The molecule has 3 rings (SSSR count). The highest BCUT2D eigenvalue weighted by molar-refractivity contribution is 6.62. The van der Waals surface area contributed by atoms with E-state index in [4.69, 9.17) is 13.7 Å². The number of hydrogen-bond donors (Lipinski definition) is 1. The molecule has 0 saturated carbocycles. The Balaban J connectivity index is 1.70. The maximum Gasteiger partial charge on any atom is 0.494 e. The fourth-order valence-electron chi connectivity index (χ4n) is 2.22. The monoisotopic (exact) mass is 314 g/mol. The van der Waals surface area contributed by atoms with E-state index in [0.29, 0.717) is 5.69 Å². The van der Waals surface area contributed by atoms with E-state index in [-0.39, 0.29) is 22.9 Å². The molecule has 0 bridgehead atoms. The van der Waals surface area contributed by atoms with Gasteiger partial charge in [-0.25, -0.2) is 4.98 Å². The number of amides is 1. The van der Waals surface area contributed by atoms with E-state index >= 15 is 0 Å². The van der Waals surface area contributed by atoms with Crippen LogP contribution in [-0.4, -0.2) is 29.2 Å². The number of carbonyl (C=O) groups is 1. The van der Waals surface area contributed by atoms with Crippen LogP contribution in [-0.2, 0) is 9.31 Å². The topological polar surface area (TPSA) is 73.6 Å². The maximum absolute atomic E-state index is 11.9. The molecule has 7 heteroatoms. The lowest BCUT2D eigenvalue weighted by Gasteiger charge is -2.32. The van der Waals surface area contributed by atoms with Crippen molar-refractivity contribution in [1.29, 1.82) is 0 Å². The van der Waals surface area contributed by atoms with Crippen molar-refractivity contribution in [3.05, 3.63) is 42.6 Å². The van der Waals surface area contributed by atoms with Crippen LogP contribution >= 0.6 is 0 Å². The van der Waals surface area contributed by atoms with Crippen molar-refractivity contribution in [3.63, 3.8) is 0 Å². The zero-order valence-electron chi connectivity index (χ0n) is 13.6. The van der Waals surface area contributed by atoms with Crippen molar-refractivity contribution >= 4 is 24.2 Å². The lowest BCUT2D eigenvalue weighted by Crippen LogP contribution is -2.41. The molecule has 1 aliphatic rings. The molecule has 0 unspecified atom stereocenters. The van der Waals surface area contributed by atoms with E-state index in [1.54, 1.807) is 12.1 Å². The fourth-order valence-corrected chi connectivity index (χ4v) is 2.22. The highest BCUT2D eigenvalue weighted by Crippen LogP contribution is 2.36. The quantitative estimate of drug-likeness (QED) is 0.880. The molecule has 120 valence electrons. The largest absolute Gasteiger partial charge is 0.494 e. The van der Waals surface area contributed by atoms with Crippen molar-refractivity contribution in [3.8, 4) is 0 Å². The van der Waals surface area contributed by atoms with Gasteiger partial charge in [-0.2, -0.15) is 0 Å². The molecule has 1 saturated heterocycles. The van der Waals surface area contributed by atoms with Crippen LogP contribution in [0.2, 0.25) is 0 Å². The highest BCUT2D eigenvalue weighted by Gasteiger charge is 2.51. The third kappa shape index (κ3) is 3.02. The Hall–Kier alpha value is -2.12. The van der Waals surface area contributed by atoms with Gasteiger partial charge in [0.1, 0.15) is 0 Å². The zero-order valence-corrected chi connectivity index (χ0v) is 13.6. The number of hydrogen-bond acceptors (Lipinski definition) is 5. The van der Waals surface area contributed by atoms with E-state index < -0.39 is 7.12 Å². The van der Waals surface area contributed by atoms with Crippen LogP contribution in [0.5, 0.6) is 0 Å². The molecular formula is C16H19BN2O4. The number of anilines is 1. The van der Waals surface area contributed by atoms with Crippen LogP contribution in [0.4, 0.5) is 5.69 Å². The van der Waals surface area contributed by atoms with E-state index in [1.165, 1.54) is 12.6 Å². The van der Waals surface area contributed by atoms with Gasteiger partial charge in [0.05, 0.1) is 17.4 Å². The standard InChI is InChI=1S/C16H19BN2O4/c1-15(2)16(3,4)23-17(22-15)11-5-7-12(8-6-11)19-14(20)13-9-18-10-21-13/h5-10H,1-4H3,(H,19,20). The van der Waals surface area contributed by atoms with Gasteiger partial charge in [-0.15, -0.1) is 0 Å². The number of nitrogens with zero attached hydrogens (tertiary/aromatic N) is 1. The normalized spacial score (nSPS) is 18.9. The third-order valence-corrected chi connectivity index (χ3v) is 4.35. The molecule has 0 spiro atoms. The van der Waals surface area contributed by atoms with E-state index in [9.17, 15) is 4.79 Å². The summed E-state index contributed by atoms with van der Waals surface area (Å²) in [5.41, 5.74) is 0.807. The molecule has 0 atom stereocenters. The predicted octanol–water partition coefficient (Wildman–Crippen LogP) is 2.23. The van der Waals surface area contributed by atoms with Crippen molar-refractivity contribution in [2.45, 2.75) is 38.9 Å². The van der Waals surface area contributed by atoms with Crippen LogP contribution in [0.3, 0.4) is 0 Å². The Morgan fingerprint density at radius 2 is 1.70 bits per heavy atom. The van der Waals surface area contributed by atoms with Crippen molar-refractivity contribution in [1.82, 2.24) is 4.98 Å². The van der Waals surface area contributed by atoms with Crippen LogP contribution in [0.15, 0.2) is 41.3 Å². The maximum atomic E-state index is 11.9. The number of nitrogens with one attached hydrogen (secondary N) is 1. The Bertz CT molecular complexity index is 679. The van der Waals surface area contributed by atoms with Gasteiger partial charge < -0.3 is 19.0 Å². The molecule has 1 aliphatic heterocycles. The van der Waals surface area contributed by atoms with Gasteiger partial charge in [0.25, 0.3) is 5.91 Å². The van der Waals surface area contributed by atoms with E-state index in [1.807, 2.05) is 39.8 Å². The van der Waals surface area contributed by atoms with Gasteiger partial charge >= 0.3 is 7.12 Å². The minimum Gasteiger partial charge on any atom is -0.438 e. The first-order valence-electron chi connectivity index (χ1n) is 7.44. The van der Waals surface area contributed by atoms with Crippen LogP contribution in [0, 0.1) is 0 Å². The first-order valence-corrected chi connectivity index (χ1v) is 7.44. The number of rotatable bonds is 3. The molecule has 1 aromatic carbocycles. The minimum absolute atomic E-state index is 0.167. The first kappa shape index (κ1) is 15.8.